The summed E-state index contributed by atoms with van der Waals surface area (Å²) in [5, 5.41) is 24.8. The van der Waals surface area contributed by atoms with E-state index in [-0.39, 0.29) is 73.5 Å². The van der Waals surface area contributed by atoms with Crippen LogP contribution in [-0.2, 0) is 21.7 Å². The largest absolute Gasteiger partial charge is 0.872 e. The maximum Gasteiger partial charge on any atom is 0 e. The van der Waals surface area contributed by atoms with Gasteiger partial charge >= 0.3 is 0 Å². The van der Waals surface area contributed by atoms with Gasteiger partial charge in [0.05, 0.1) is 0 Å². The van der Waals surface area contributed by atoms with Crippen molar-refractivity contribution in [3.8, 4) is 11.5 Å². The van der Waals surface area contributed by atoms with Crippen LogP contribution in [0.25, 0.3) is 0 Å². The Morgan fingerprint density at radius 3 is 0.697 bits per heavy atom. The van der Waals surface area contributed by atoms with Crippen molar-refractivity contribution in [1.29, 1.82) is 0 Å². The van der Waals surface area contributed by atoms with Gasteiger partial charge in [0.2, 0.25) is 0 Å². The summed E-state index contributed by atoms with van der Waals surface area (Å²) in [6.45, 7) is 29.2. The summed E-state index contributed by atoms with van der Waals surface area (Å²) in [5.41, 5.74) is 5.74. The maximum atomic E-state index is 12.4. The molecule has 186 valence electrons. The smallest absolute Gasteiger partial charge is 0 e. The third-order valence-electron chi connectivity index (χ3n) is 5.70. The van der Waals surface area contributed by atoms with Crippen LogP contribution in [0.5, 0.6) is 11.5 Å². The van der Waals surface area contributed by atoms with E-state index in [9.17, 15) is 10.2 Å². The topological polar surface area (TPSA) is 46.1 Å². The summed E-state index contributed by atoms with van der Waals surface area (Å²) in [6.07, 6.45) is 0. The Morgan fingerprint density at radius 1 is 0.424 bits per heavy atom. The number of hydrogen-bond donors (Lipinski definition) is 0. The van der Waals surface area contributed by atoms with Gasteiger partial charge in [-0.2, -0.15) is 0 Å². The fourth-order valence-electron chi connectivity index (χ4n) is 3.77. The normalized spacial score (nSPS) is 12.5. The van der Waals surface area contributed by atoms with Crippen LogP contribution in [0, 0.1) is 54.2 Å². The van der Waals surface area contributed by atoms with Crippen molar-refractivity contribution >= 4 is 0 Å². The molecule has 0 unspecified atom stereocenters. The van der Waals surface area contributed by atoms with Crippen LogP contribution in [0.3, 0.4) is 0 Å². The first-order chi connectivity index (χ1) is 14.1. The van der Waals surface area contributed by atoms with Gasteiger partial charge in [-0.15, -0.1) is 11.5 Å². The first-order valence-electron chi connectivity index (χ1n) is 11.7. The Morgan fingerprint density at radius 2 is 0.576 bits per heavy atom. The van der Waals surface area contributed by atoms with E-state index in [2.05, 4.69) is 96.9 Å². The molecule has 2 rings (SSSR count). The Labute approximate surface area is 236 Å². The van der Waals surface area contributed by atoms with Crippen molar-refractivity contribution in [1.82, 2.24) is 0 Å². The molecule has 0 N–H and O–H groups in total. The minimum atomic E-state index is -0.0803. The fraction of sp³-hybridized carbons (Fsp3) is 0.600. The van der Waals surface area contributed by atoms with Crippen molar-refractivity contribution in [2.24, 2.45) is 0 Å². The average Bonchev–Trinajstić information content (AvgIpc) is 2.55. The number of benzene rings is 2. The van der Waals surface area contributed by atoms with Crippen LogP contribution >= 0.6 is 0 Å². The standard InChI is InChI=1S/2C15H24O.Sm/c2*1-10-8-11(14(2,3)4)13(16)12(9-10)15(5,6)7;/h2*8-9,16H,1-7H3;/p-2. The zero-order valence-corrected chi connectivity index (χ0v) is 26.2. The zero-order valence-electron chi connectivity index (χ0n) is 23.5. The average molecular weight is 589 g/mol. The number of aryl methyl sites for hydroxylation is 2. The summed E-state index contributed by atoms with van der Waals surface area (Å²) in [6, 6.07) is 8.10. The molecule has 0 aliphatic rings. The summed E-state index contributed by atoms with van der Waals surface area (Å²) in [5.74, 6) is 0.427. The van der Waals surface area contributed by atoms with Crippen molar-refractivity contribution in [3.05, 3.63) is 57.6 Å². The monoisotopic (exact) mass is 590 g/mol. The molecule has 2 nitrogen and oxygen atoms in total. The zero-order chi connectivity index (χ0) is 25.4. The van der Waals surface area contributed by atoms with Gasteiger partial charge in [-0.25, -0.2) is 0 Å². The van der Waals surface area contributed by atoms with E-state index >= 15 is 0 Å². The Kier molecular flexibility index (Phi) is 10.8. The molecule has 0 fully saturated rings. The molecule has 0 atom stereocenters. The summed E-state index contributed by atoms with van der Waals surface area (Å²) in [7, 11) is 0. The van der Waals surface area contributed by atoms with Crippen LogP contribution in [0.15, 0.2) is 24.3 Å². The van der Waals surface area contributed by atoms with E-state index in [1.54, 1.807) is 0 Å². The summed E-state index contributed by atoms with van der Waals surface area (Å²) in [4.78, 5) is 0. The van der Waals surface area contributed by atoms with Gasteiger partial charge in [-0.05, 0) is 57.8 Å². The minimum Gasteiger partial charge on any atom is -0.872 e. The Balaban J connectivity index is 0.000000602. The van der Waals surface area contributed by atoms with Crippen LogP contribution in [0.4, 0.5) is 0 Å². The molecule has 0 amide bonds. The SMILES string of the molecule is Cc1cc(C(C)(C)C)c([O-])c(C(C)(C)C)c1.Cc1cc(C(C)(C)C)c([O-])c(C(C)(C)C)c1.[Sm]. The van der Waals surface area contributed by atoms with E-state index in [4.69, 9.17) is 0 Å². The van der Waals surface area contributed by atoms with E-state index in [1.807, 2.05) is 24.3 Å². The predicted octanol–water partition coefficient (Wildman–Crippen LogP) is 7.33. The molecule has 33 heavy (non-hydrogen) atoms. The molecule has 0 saturated heterocycles. The van der Waals surface area contributed by atoms with E-state index in [1.165, 1.54) is 11.1 Å². The molecule has 0 aliphatic heterocycles. The quantitative estimate of drug-likeness (QED) is 0.324. The van der Waals surface area contributed by atoms with E-state index in [0.29, 0.717) is 0 Å². The van der Waals surface area contributed by atoms with Crippen LogP contribution < -0.4 is 10.2 Å². The molecule has 0 aromatic heterocycles. The second-order valence-electron chi connectivity index (χ2n) is 13.4. The molecule has 0 radical (unpaired) electrons. The Hall–Kier alpha value is -0.622. The maximum absolute atomic E-state index is 12.4. The van der Waals surface area contributed by atoms with Crippen molar-refractivity contribution in [2.75, 3.05) is 0 Å². The van der Waals surface area contributed by atoms with Gasteiger partial charge in [0.1, 0.15) is 0 Å². The molecule has 2 aromatic rings. The van der Waals surface area contributed by atoms with Gasteiger partial charge in [-0.3, -0.25) is 0 Å². The molecule has 2 aromatic carbocycles. The Bertz CT molecular complexity index is 794. The molecule has 0 bridgehead atoms. The molecular weight excluding hydrogens is 543 g/mol. The minimum absolute atomic E-state index is 0. The van der Waals surface area contributed by atoms with Crippen molar-refractivity contribution in [3.63, 3.8) is 0 Å². The summed E-state index contributed by atoms with van der Waals surface area (Å²) >= 11 is 0. The first kappa shape index (κ1) is 32.4. The van der Waals surface area contributed by atoms with E-state index < -0.39 is 0 Å². The van der Waals surface area contributed by atoms with Gasteiger partial charge in [0.25, 0.3) is 0 Å². The van der Waals surface area contributed by atoms with Crippen molar-refractivity contribution < 1.29 is 50.6 Å². The molecule has 0 heterocycles. The van der Waals surface area contributed by atoms with Gasteiger partial charge in [0, 0.05) is 40.4 Å². The van der Waals surface area contributed by atoms with Gasteiger partial charge in [-0.1, -0.05) is 118 Å². The summed E-state index contributed by atoms with van der Waals surface area (Å²) < 4.78 is 0. The van der Waals surface area contributed by atoms with Gasteiger partial charge < -0.3 is 10.2 Å². The third-order valence-corrected chi connectivity index (χ3v) is 5.70. The molecule has 0 spiro atoms. The van der Waals surface area contributed by atoms with Gasteiger partial charge in [0.15, 0.2) is 0 Å². The molecule has 0 saturated carbocycles. The molecule has 3 heteroatoms. The fourth-order valence-corrected chi connectivity index (χ4v) is 3.77. The predicted molar refractivity (Wildman–Crippen MR) is 136 cm³/mol. The third kappa shape index (κ3) is 8.83. The second-order valence-corrected chi connectivity index (χ2v) is 13.4. The van der Waals surface area contributed by atoms with Crippen LogP contribution in [-0.4, -0.2) is 0 Å². The van der Waals surface area contributed by atoms with Crippen molar-refractivity contribution in [2.45, 2.75) is 119 Å². The first-order valence-corrected chi connectivity index (χ1v) is 11.7. The van der Waals surface area contributed by atoms with E-state index in [0.717, 1.165) is 22.3 Å². The second kappa shape index (κ2) is 11.0. The molecular formula is C30H46O2Sm-2. The number of hydrogen-bond acceptors (Lipinski definition) is 2. The number of rotatable bonds is 0. The van der Waals surface area contributed by atoms with Crippen LogP contribution in [0.1, 0.15) is 116 Å². The van der Waals surface area contributed by atoms with Crippen LogP contribution in [0.2, 0.25) is 0 Å². The molecule has 0 aliphatic carbocycles.